The molecule has 0 bridgehead atoms. The van der Waals surface area contributed by atoms with Crippen LogP contribution in [0.5, 0.6) is 0 Å². The average molecular weight is 408 g/mol. The number of rotatable bonds is 2. The molecule has 156 valence electrons. The third-order valence-corrected chi connectivity index (χ3v) is 6.61. The van der Waals surface area contributed by atoms with Crippen molar-refractivity contribution in [3.8, 4) is 0 Å². The van der Waals surface area contributed by atoms with E-state index in [1.54, 1.807) is 4.68 Å². The zero-order chi connectivity index (χ0) is 21.2. The van der Waals surface area contributed by atoms with Gasteiger partial charge in [0.1, 0.15) is 11.4 Å². The number of carboxylic acids is 1. The highest BCUT2D eigenvalue weighted by molar-refractivity contribution is 6.05. The summed E-state index contributed by atoms with van der Waals surface area (Å²) in [5, 5.41) is 15.1. The van der Waals surface area contributed by atoms with E-state index in [9.17, 15) is 14.7 Å². The molecule has 5 rings (SSSR count). The molecule has 1 fully saturated rings. The van der Waals surface area contributed by atoms with E-state index < -0.39 is 5.97 Å². The summed E-state index contributed by atoms with van der Waals surface area (Å²) in [5.74, 6) is -0.378. The van der Waals surface area contributed by atoms with Gasteiger partial charge in [-0.25, -0.2) is 14.8 Å². The maximum atomic E-state index is 12.5. The van der Waals surface area contributed by atoms with Gasteiger partial charge >= 0.3 is 5.97 Å². The van der Waals surface area contributed by atoms with Crippen molar-refractivity contribution in [1.29, 1.82) is 0 Å². The number of aryl methyl sites for hydroxylation is 3. The summed E-state index contributed by atoms with van der Waals surface area (Å²) in [4.78, 5) is 38.6. The fraction of sp³-hybridized carbons (Fsp3) is 0.476. The molecule has 9 nitrogen and oxygen atoms in total. The highest BCUT2D eigenvalue weighted by atomic mass is 16.4. The van der Waals surface area contributed by atoms with Gasteiger partial charge in [0, 0.05) is 37.3 Å². The number of piperidine rings is 1. The van der Waals surface area contributed by atoms with Crippen molar-refractivity contribution in [2.75, 3.05) is 18.0 Å². The molecule has 1 aliphatic carbocycles. The third-order valence-electron chi connectivity index (χ3n) is 6.61. The molecule has 3 aromatic rings. The van der Waals surface area contributed by atoms with Crippen LogP contribution in [0, 0.1) is 13.8 Å². The van der Waals surface area contributed by atoms with Gasteiger partial charge in [0.15, 0.2) is 5.65 Å². The van der Waals surface area contributed by atoms with Crippen LogP contribution in [0.4, 0.5) is 5.69 Å². The molecule has 30 heavy (non-hydrogen) atoms. The fourth-order valence-corrected chi connectivity index (χ4v) is 5.36. The number of pyridine rings is 1. The van der Waals surface area contributed by atoms with E-state index in [2.05, 4.69) is 20.0 Å². The summed E-state index contributed by atoms with van der Waals surface area (Å²) in [5.41, 5.74) is 3.66. The van der Waals surface area contributed by atoms with Crippen LogP contribution in [0.1, 0.15) is 52.4 Å². The SMILES string of the molecule is Cc1nc2c(c(=O)[nH]1)CCC21CCCN(c2c(C(=O)O)cnc3c2c(C)nn3C)C1. The van der Waals surface area contributed by atoms with Gasteiger partial charge in [0.25, 0.3) is 5.56 Å². The van der Waals surface area contributed by atoms with Crippen LogP contribution < -0.4 is 10.5 Å². The Morgan fingerprint density at radius 1 is 1.30 bits per heavy atom. The topological polar surface area (TPSA) is 117 Å². The first kappa shape index (κ1) is 18.8. The Kier molecular flexibility index (Phi) is 4.00. The monoisotopic (exact) mass is 408 g/mol. The molecule has 1 atom stereocenters. The minimum absolute atomic E-state index is 0.0490. The number of anilines is 1. The maximum absolute atomic E-state index is 12.5. The molecule has 9 heteroatoms. The number of hydrogen-bond acceptors (Lipinski definition) is 6. The van der Waals surface area contributed by atoms with Gasteiger partial charge in [-0.05, 0) is 39.5 Å². The van der Waals surface area contributed by atoms with Crippen molar-refractivity contribution in [1.82, 2.24) is 24.7 Å². The molecule has 1 saturated heterocycles. The van der Waals surface area contributed by atoms with Crippen LogP contribution in [-0.2, 0) is 18.9 Å². The molecule has 2 N–H and O–H groups in total. The van der Waals surface area contributed by atoms with Crippen LogP contribution in [-0.4, -0.2) is 48.9 Å². The first-order valence-electron chi connectivity index (χ1n) is 10.2. The number of aromatic nitrogens is 5. The first-order valence-corrected chi connectivity index (χ1v) is 10.2. The van der Waals surface area contributed by atoms with Gasteiger partial charge in [-0.1, -0.05) is 0 Å². The molecule has 2 aliphatic rings. The Hall–Kier alpha value is -3.23. The van der Waals surface area contributed by atoms with Crippen molar-refractivity contribution in [3.05, 3.63) is 44.9 Å². The second-order valence-corrected chi connectivity index (χ2v) is 8.52. The summed E-state index contributed by atoms with van der Waals surface area (Å²) >= 11 is 0. The zero-order valence-corrected chi connectivity index (χ0v) is 17.3. The second-order valence-electron chi connectivity index (χ2n) is 8.52. The summed E-state index contributed by atoms with van der Waals surface area (Å²) in [6.07, 6.45) is 4.82. The normalized spacial score (nSPS) is 20.8. The Bertz CT molecular complexity index is 1260. The first-order chi connectivity index (χ1) is 14.3. The lowest BCUT2D eigenvalue weighted by molar-refractivity contribution is 0.0697. The summed E-state index contributed by atoms with van der Waals surface area (Å²) in [7, 11) is 1.82. The number of nitrogens with one attached hydrogen (secondary N) is 1. The average Bonchev–Trinajstić information content (AvgIpc) is 3.19. The van der Waals surface area contributed by atoms with Gasteiger partial charge in [-0.15, -0.1) is 0 Å². The lowest BCUT2D eigenvalue weighted by atomic mass is 9.77. The fourth-order valence-electron chi connectivity index (χ4n) is 5.36. The number of H-pyrrole nitrogens is 1. The minimum atomic E-state index is -1.00. The van der Waals surface area contributed by atoms with Crippen molar-refractivity contribution in [2.24, 2.45) is 7.05 Å². The third kappa shape index (κ3) is 2.57. The minimum Gasteiger partial charge on any atom is -0.478 e. The standard InChI is InChI=1S/C21H24N6O3/c1-11-15-16(14(20(29)30)9-22-18(15)26(3)25-11)27-8-4-6-21(10-27)7-5-13-17(21)23-12(2)24-19(13)28/h9H,4-8,10H2,1-3H3,(H,29,30)(H,23,24,28). The van der Waals surface area contributed by atoms with E-state index in [-0.39, 0.29) is 16.5 Å². The Labute approximate surface area is 172 Å². The van der Waals surface area contributed by atoms with Crippen LogP contribution in [0.15, 0.2) is 11.0 Å². The molecule has 1 aliphatic heterocycles. The molecule has 1 unspecified atom stereocenters. The Morgan fingerprint density at radius 3 is 2.87 bits per heavy atom. The number of aromatic carboxylic acids is 1. The summed E-state index contributed by atoms with van der Waals surface area (Å²) in [6, 6.07) is 0. The quantitative estimate of drug-likeness (QED) is 0.664. The predicted octanol–water partition coefficient (Wildman–Crippen LogP) is 1.85. The molecular formula is C21H24N6O3. The van der Waals surface area contributed by atoms with Gasteiger partial charge in [0.2, 0.25) is 0 Å². The zero-order valence-electron chi connectivity index (χ0n) is 17.3. The molecule has 3 aromatic heterocycles. The summed E-state index contributed by atoms with van der Waals surface area (Å²) < 4.78 is 1.69. The molecule has 0 saturated carbocycles. The molecular weight excluding hydrogens is 384 g/mol. The number of hydrogen-bond donors (Lipinski definition) is 2. The second kappa shape index (κ2) is 6.38. The van der Waals surface area contributed by atoms with Crippen molar-refractivity contribution < 1.29 is 9.90 Å². The van der Waals surface area contributed by atoms with E-state index in [1.807, 2.05) is 20.9 Å². The van der Waals surface area contributed by atoms with E-state index in [0.717, 1.165) is 48.1 Å². The van der Waals surface area contributed by atoms with Crippen molar-refractivity contribution in [2.45, 2.75) is 44.9 Å². The van der Waals surface area contributed by atoms with Gasteiger partial charge in [-0.3, -0.25) is 9.48 Å². The lowest BCUT2D eigenvalue weighted by Crippen LogP contribution is -2.46. The van der Waals surface area contributed by atoms with E-state index in [4.69, 9.17) is 4.98 Å². The molecule has 0 amide bonds. The molecule has 0 aromatic carbocycles. The number of nitrogens with zero attached hydrogens (tertiary/aromatic N) is 5. The number of carboxylic acid groups (broad SMARTS) is 1. The van der Waals surface area contributed by atoms with E-state index in [0.29, 0.717) is 30.1 Å². The van der Waals surface area contributed by atoms with Gasteiger partial charge in [-0.2, -0.15) is 5.10 Å². The largest absolute Gasteiger partial charge is 0.478 e. The predicted molar refractivity (Wildman–Crippen MR) is 111 cm³/mol. The number of carbonyl (C=O) groups is 1. The number of aromatic amines is 1. The highest BCUT2D eigenvalue weighted by Crippen LogP contribution is 2.45. The molecule has 4 heterocycles. The maximum Gasteiger partial charge on any atom is 0.339 e. The van der Waals surface area contributed by atoms with Crippen LogP contribution in [0.3, 0.4) is 0 Å². The lowest BCUT2D eigenvalue weighted by Gasteiger charge is -2.42. The van der Waals surface area contributed by atoms with Crippen LogP contribution in [0.25, 0.3) is 11.0 Å². The molecule has 0 radical (unpaired) electrons. The molecule has 1 spiro atoms. The highest BCUT2D eigenvalue weighted by Gasteiger charge is 2.45. The smallest absolute Gasteiger partial charge is 0.339 e. The summed E-state index contributed by atoms with van der Waals surface area (Å²) in [6.45, 7) is 5.06. The van der Waals surface area contributed by atoms with Gasteiger partial charge < -0.3 is 15.0 Å². The van der Waals surface area contributed by atoms with Gasteiger partial charge in [0.05, 0.1) is 22.5 Å². The Morgan fingerprint density at radius 2 is 2.10 bits per heavy atom. The van der Waals surface area contributed by atoms with Crippen molar-refractivity contribution in [3.63, 3.8) is 0 Å². The van der Waals surface area contributed by atoms with Crippen LogP contribution >= 0.6 is 0 Å². The van der Waals surface area contributed by atoms with Crippen molar-refractivity contribution >= 4 is 22.7 Å². The Balaban J connectivity index is 1.68. The van der Waals surface area contributed by atoms with E-state index in [1.165, 1.54) is 6.20 Å². The number of fused-ring (bicyclic) bond motifs is 3. The van der Waals surface area contributed by atoms with Crippen LogP contribution in [0.2, 0.25) is 0 Å². The van der Waals surface area contributed by atoms with E-state index >= 15 is 0 Å².